The summed E-state index contributed by atoms with van der Waals surface area (Å²) in [7, 11) is 3.08. The first-order valence-corrected chi connectivity index (χ1v) is 20.0. The number of carbonyl (C=O) groups excluding carboxylic acids is 4. The van der Waals surface area contributed by atoms with Crippen molar-refractivity contribution in [3.05, 3.63) is 35.5 Å². The highest BCUT2D eigenvalue weighted by Crippen LogP contribution is 2.39. The Kier molecular flexibility index (Phi) is 15.8. The minimum Gasteiger partial charge on any atom is -0.456 e. The fourth-order valence-corrected chi connectivity index (χ4v) is 8.84. The maximum Gasteiger partial charge on any atom is 0.329 e. The van der Waals surface area contributed by atoms with Gasteiger partial charge in [-0.2, -0.15) is 0 Å². The molecule has 1 saturated carbocycles. The summed E-state index contributed by atoms with van der Waals surface area (Å²) in [5.41, 5.74) is 1.75. The van der Waals surface area contributed by atoms with Gasteiger partial charge in [-0.3, -0.25) is 14.4 Å². The van der Waals surface area contributed by atoms with Crippen molar-refractivity contribution in [3.63, 3.8) is 0 Å². The molecule has 0 aromatic rings. The molecule has 54 heavy (non-hydrogen) atoms. The molecular formula is C42H65NO11. The first kappa shape index (κ1) is 44.0. The third-order valence-electron chi connectivity index (χ3n) is 12.1. The van der Waals surface area contributed by atoms with Crippen LogP contribution in [0.25, 0.3) is 0 Å². The van der Waals surface area contributed by atoms with Crippen LogP contribution in [-0.2, 0) is 38.1 Å². The van der Waals surface area contributed by atoms with Crippen molar-refractivity contribution in [1.82, 2.24) is 4.90 Å². The summed E-state index contributed by atoms with van der Waals surface area (Å²) in [5, 5.41) is 32.4. The molecule has 4 rings (SSSR count). The Morgan fingerprint density at radius 1 is 0.981 bits per heavy atom. The SMILES string of the molecule is CCC1C=C(C)CC(C)CC(OC)C2OC(O)(C(=O)C(=O)N3CCCCC3C(=O)OC(C(C)=CC3CCC(O)C(O)C3)C(C)C=CC1=O)C(C)CC2OC. The van der Waals surface area contributed by atoms with Crippen LogP contribution in [0.3, 0.4) is 0 Å². The van der Waals surface area contributed by atoms with Crippen molar-refractivity contribution in [2.24, 2.45) is 29.6 Å². The third-order valence-corrected chi connectivity index (χ3v) is 12.1. The van der Waals surface area contributed by atoms with Crippen LogP contribution in [0.4, 0.5) is 0 Å². The van der Waals surface area contributed by atoms with Crippen molar-refractivity contribution in [1.29, 1.82) is 0 Å². The van der Waals surface area contributed by atoms with Crippen LogP contribution in [-0.4, -0.2) is 113 Å². The number of nitrogens with zero attached hydrogens (tertiary/aromatic N) is 1. The molecule has 3 heterocycles. The average Bonchev–Trinajstić information content (AvgIpc) is 3.15. The Labute approximate surface area is 321 Å². The molecule has 13 atom stereocenters. The molecule has 1 aliphatic carbocycles. The van der Waals surface area contributed by atoms with Gasteiger partial charge in [0.25, 0.3) is 11.7 Å². The summed E-state index contributed by atoms with van der Waals surface area (Å²) >= 11 is 0. The normalized spacial score (nSPS) is 40.0. The van der Waals surface area contributed by atoms with E-state index in [0.717, 1.165) is 5.57 Å². The highest BCUT2D eigenvalue weighted by atomic mass is 16.7. The molecule has 0 spiro atoms. The molecule has 0 aromatic heterocycles. The van der Waals surface area contributed by atoms with Crippen molar-refractivity contribution in [2.45, 2.75) is 154 Å². The lowest BCUT2D eigenvalue weighted by molar-refractivity contribution is -0.302. The van der Waals surface area contributed by atoms with E-state index >= 15 is 0 Å². The van der Waals surface area contributed by atoms with Gasteiger partial charge in [-0.15, -0.1) is 0 Å². The van der Waals surface area contributed by atoms with Crippen molar-refractivity contribution < 1.29 is 53.4 Å². The van der Waals surface area contributed by atoms with Gasteiger partial charge in [0.1, 0.15) is 18.2 Å². The van der Waals surface area contributed by atoms with Crippen molar-refractivity contribution >= 4 is 23.4 Å². The largest absolute Gasteiger partial charge is 0.456 e. The van der Waals surface area contributed by atoms with Crippen LogP contribution in [0.1, 0.15) is 106 Å². The number of ketones is 2. The lowest BCUT2D eigenvalue weighted by Gasteiger charge is -2.47. The highest BCUT2D eigenvalue weighted by Gasteiger charge is 2.56. The number of piperidine rings is 1. The van der Waals surface area contributed by atoms with E-state index in [2.05, 4.69) is 6.92 Å². The molecule has 3 aliphatic heterocycles. The minimum atomic E-state index is -2.48. The number of carbonyl (C=O) groups is 4. The summed E-state index contributed by atoms with van der Waals surface area (Å²) in [4.78, 5) is 57.3. The van der Waals surface area contributed by atoms with E-state index < -0.39 is 77.9 Å². The molecule has 3 N–H and O–H groups in total. The van der Waals surface area contributed by atoms with Crippen LogP contribution in [0.2, 0.25) is 0 Å². The Balaban J connectivity index is 1.76. The number of Topliss-reactive ketones (excluding diaryl/α,β-unsaturated/α-hetero) is 1. The molecule has 12 nitrogen and oxygen atoms in total. The molecule has 304 valence electrons. The highest BCUT2D eigenvalue weighted by molar-refractivity contribution is 6.39. The van der Waals surface area contributed by atoms with E-state index in [4.69, 9.17) is 18.9 Å². The lowest BCUT2D eigenvalue weighted by Crippen LogP contribution is -2.64. The zero-order chi connectivity index (χ0) is 39.9. The molecule has 1 amide bonds. The smallest absolute Gasteiger partial charge is 0.329 e. The Bertz CT molecular complexity index is 1420. The van der Waals surface area contributed by atoms with Gasteiger partial charge in [0, 0.05) is 38.5 Å². The van der Waals surface area contributed by atoms with Gasteiger partial charge in [-0.1, -0.05) is 51.5 Å². The standard InChI is InChI=1S/C42H65NO11/c1-9-30-19-24(2)18-25(3)20-35(51-7)38-36(52-8)22-28(6)42(50,54-38)39(47)40(48)43-17-11-10-12-31(43)41(49)53-37(26(4)13-15-32(30)44)27(5)21-29-14-16-33(45)34(46)23-29/h13,15,19,21,25-26,28-31,33-38,45-46,50H,9-12,14,16-18,20,22-23H2,1-8H3. The van der Waals surface area contributed by atoms with Crippen LogP contribution < -0.4 is 0 Å². The number of rotatable bonds is 5. The fourth-order valence-electron chi connectivity index (χ4n) is 8.84. The number of hydrogen-bond acceptors (Lipinski definition) is 11. The van der Waals surface area contributed by atoms with Crippen molar-refractivity contribution in [3.8, 4) is 0 Å². The molecule has 3 fully saturated rings. The quantitative estimate of drug-likeness (QED) is 0.203. The van der Waals surface area contributed by atoms with E-state index in [9.17, 15) is 34.5 Å². The van der Waals surface area contributed by atoms with Gasteiger partial charge < -0.3 is 39.2 Å². The second-order valence-electron chi connectivity index (χ2n) is 16.5. The van der Waals surface area contributed by atoms with Gasteiger partial charge in [0.05, 0.1) is 24.4 Å². The molecule has 4 aliphatic rings. The number of methoxy groups -OCH3 is 2. The topological polar surface area (TPSA) is 169 Å². The van der Waals surface area contributed by atoms with Gasteiger partial charge in [0.2, 0.25) is 5.79 Å². The number of fused-ring (bicyclic) bond motifs is 3. The predicted octanol–water partition coefficient (Wildman–Crippen LogP) is 4.62. The van der Waals surface area contributed by atoms with Gasteiger partial charge in [-0.05, 0) is 102 Å². The Morgan fingerprint density at radius 2 is 1.67 bits per heavy atom. The van der Waals surface area contributed by atoms with Gasteiger partial charge in [0.15, 0.2) is 5.78 Å². The predicted molar refractivity (Wildman–Crippen MR) is 202 cm³/mol. The molecule has 0 radical (unpaired) electrons. The van der Waals surface area contributed by atoms with Crippen LogP contribution in [0.15, 0.2) is 35.5 Å². The van der Waals surface area contributed by atoms with Gasteiger partial charge >= 0.3 is 5.97 Å². The third kappa shape index (κ3) is 10.4. The molecule has 2 saturated heterocycles. The van der Waals surface area contributed by atoms with Crippen LogP contribution in [0.5, 0.6) is 0 Å². The zero-order valence-corrected chi connectivity index (χ0v) is 33.6. The second kappa shape index (κ2) is 19.4. The number of aliphatic hydroxyl groups is 3. The summed E-state index contributed by atoms with van der Waals surface area (Å²) in [6.07, 6.45) is 7.69. The molecule has 0 aromatic carbocycles. The second-order valence-corrected chi connectivity index (χ2v) is 16.5. The Hall–Kier alpha value is -2.74. The van der Waals surface area contributed by atoms with Gasteiger partial charge in [-0.25, -0.2) is 4.79 Å². The van der Waals surface area contributed by atoms with E-state index in [1.807, 2.05) is 39.8 Å². The van der Waals surface area contributed by atoms with Crippen LogP contribution >= 0.6 is 0 Å². The minimum absolute atomic E-state index is 0.0622. The van der Waals surface area contributed by atoms with E-state index in [0.29, 0.717) is 56.9 Å². The molecule has 13 unspecified atom stereocenters. The molecule has 12 heteroatoms. The lowest BCUT2D eigenvalue weighted by atomic mass is 9.82. The van der Waals surface area contributed by atoms with E-state index in [-0.39, 0.29) is 42.9 Å². The number of amides is 1. The maximum atomic E-state index is 14.2. The van der Waals surface area contributed by atoms with Crippen LogP contribution in [0, 0.1) is 29.6 Å². The van der Waals surface area contributed by atoms with E-state index in [1.54, 1.807) is 19.1 Å². The average molecular weight is 760 g/mol. The Morgan fingerprint density at radius 3 is 2.31 bits per heavy atom. The summed E-state index contributed by atoms with van der Waals surface area (Å²) in [6, 6.07) is -1.08. The maximum absolute atomic E-state index is 14.2. The number of hydrogen-bond donors (Lipinski definition) is 3. The number of cyclic esters (lactones) is 1. The number of esters is 1. The summed E-state index contributed by atoms with van der Waals surface area (Å²) < 4.78 is 24.2. The fraction of sp³-hybridized carbons (Fsp3) is 0.762. The first-order chi connectivity index (χ1) is 25.5. The summed E-state index contributed by atoms with van der Waals surface area (Å²) in [5.74, 6) is -7.01. The number of allylic oxidation sites excluding steroid dienone is 4. The molecular weight excluding hydrogens is 694 g/mol. The number of ether oxygens (including phenoxy) is 4. The van der Waals surface area contributed by atoms with E-state index in [1.165, 1.54) is 19.1 Å². The first-order valence-electron chi connectivity index (χ1n) is 20.0. The van der Waals surface area contributed by atoms with Crippen molar-refractivity contribution in [2.75, 3.05) is 20.8 Å². The molecule has 2 bridgehead atoms. The summed E-state index contributed by atoms with van der Waals surface area (Å²) in [6.45, 7) is 11.5. The zero-order valence-electron chi connectivity index (χ0n) is 33.6. The number of aliphatic hydroxyl groups excluding tert-OH is 2. The monoisotopic (exact) mass is 759 g/mol.